The molecule has 0 fully saturated rings. The predicted octanol–water partition coefficient (Wildman–Crippen LogP) is 2.32. The molecular formula is C17H19N3O3S. The van der Waals surface area contributed by atoms with E-state index in [4.69, 9.17) is 19.9 Å². The van der Waals surface area contributed by atoms with Crippen LogP contribution in [-0.4, -0.2) is 31.7 Å². The summed E-state index contributed by atoms with van der Waals surface area (Å²) in [6, 6.07) is 14.9. The summed E-state index contributed by atoms with van der Waals surface area (Å²) in [6.07, 6.45) is 1.62. The van der Waals surface area contributed by atoms with Gasteiger partial charge in [-0.1, -0.05) is 12.1 Å². The van der Waals surface area contributed by atoms with Crippen molar-refractivity contribution < 1.29 is 14.2 Å². The maximum absolute atomic E-state index is 5.65. The van der Waals surface area contributed by atoms with Crippen molar-refractivity contribution in [2.24, 2.45) is 10.8 Å². The van der Waals surface area contributed by atoms with Gasteiger partial charge < -0.3 is 19.9 Å². The minimum absolute atomic E-state index is 0.126. The molecular weight excluding hydrogens is 326 g/mol. The second kappa shape index (κ2) is 9.36. The summed E-state index contributed by atoms with van der Waals surface area (Å²) >= 11 is 4.66. The van der Waals surface area contributed by atoms with E-state index in [1.165, 1.54) is 0 Å². The summed E-state index contributed by atoms with van der Waals surface area (Å²) in [5, 5.41) is 4.01. The van der Waals surface area contributed by atoms with Gasteiger partial charge in [-0.2, -0.15) is 5.10 Å². The first-order chi connectivity index (χ1) is 11.7. The normalized spacial score (nSPS) is 10.4. The van der Waals surface area contributed by atoms with Gasteiger partial charge in [-0.25, -0.2) is 0 Å². The van der Waals surface area contributed by atoms with Crippen LogP contribution in [0, 0.1) is 0 Å². The molecule has 0 spiro atoms. The van der Waals surface area contributed by atoms with E-state index in [2.05, 4.69) is 22.7 Å². The summed E-state index contributed by atoms with van der Waals surface area (Å²) in [7, 11) is 1.61. The Labute approximate surface area is 146 Å². The van der Waals surface area contributed by atoms with Crippen molar-refractivity contribution in [2.75, 3.05) is 20.3 Å². The molecule has 0 aliphatic rings. The summed E-state index contributed by atoms with van der Waals surface area (Å²) in [6.45, 7) is 0.843. The van der Waals surface area contributed by atoms with Crippen LogP contribution in [0.4, 0.5) is 0 Å². The molecule has 2 aromatic carbocycles. The lowest BCUT2D eigenvalue weighted by Gasteiger charge is -2.11. The molecule has 0 heterocycles. The molecule has 3 N–H and O–H groups in total. The van der Waals surface area contributed by atoms with Crippen LogP contribution in [0.25, 0.3) is 0 Å². The molecule has 0 amide bonds. The minimum atomic E-state index is 0.126. The lowest BCUT2D eigenvalue weighted by molar-refractivity contribution is 0.211. The van der Waals surface area contributed by atoms with Crippen LogP contribution in [0.5, 0.6) is 17.2 Å². The average molecular weight is 345 g/mol. The maximum Gasteiger partial charge on any atom is 0.184 e. The van der Waals surface area contributed by atoms with Gasteiger partial charge in [0.05, 0.1) is 13.3 Å². The van der Waals surface area contributed by atoms with Crippen molar-refractivity contribution in [3.8, 4) is 17.2 Å². The van der Waals surface area contributed by atoms with Crippen molar-refractivity contribution in [3.63, 3.8) is 0 Å². The zero-order valence-electron chi connectivity index (χ0n) is 13.3. The van der Waals surface area contributed by atoms with Crippen LogP contribution in [0.15, 0.2) is 53.6 Å². The van der Waals surface area contributed by atoms with E-state index in [-0.39, 0.29) is 5.11 Å². The van der Waals surface area contributed by atoms with Gasteiger partial charge in [0.2, 0.25) is 0 Å². The highest BCUT2D eigenvalue weighted by molar-refractivity contribution is 7.80. The third-order valence-electron chi connectivity index (χ3n) is 2.95. The molecule has 7 heteroatoms. The zero-order valence-corrected chi connectivity index (χ0v) is 14.1. The number of nitrogens with one attached hydrogen (secondary N) is 1. The van der Waals surface area contributed by atoms with E-state index >= 15 is 0 Å². The monoisotopic (exact) mass is 345 g/mol. The topological polar surface area (TPSA) is 78.1 Å². The molecule has 2 rings (SSSR count). The average Bonchev–Trinajstić information content (AvgIpc) is 2.60. The molecule has 0 saturated carbocycles. The van der Waals surface area contributed by atoms with Gasteiger partial charge in [-0.05, 0) is 54.2 Å². The number of hydrogen-bond donors (Lipinski definition) is 2. The van der Waals surface area contributed by atoms with Gasteiger partial charge in [-0.15, -0.1) is 0 Å². The van der Waals surface area contributed by atoms with Crippen molar-refractivity contribution in [3.05, 3.63) is 54.1 Å². The molecule has 24 heavy (non-hydrogen) atoms. The Hall–Kier alpha value is -2.80. The van der Waals surface area contributed by atoms with Crippen LogP contribution < -0.4 is 25.4 Å². The van der Waals surface area contributed by atoms with Gasteiger partial charge in [0.25, 0.3) is 0 Å². The number of methoxy groups -OCH3 is 1. The van der Waals surface area contributed by atoms with E-state index in [0.29, 0.717) is 24.7 Å². The number of hydrazone groups is 1. The number of rotatable bonds is 8. The summed E-state index contributed by atoms with van der Waals surface area (Å²) in [5.41, 5.74) is 8.67. The number of para-hydroxylation sites is 2. The molecule has 0 aromatic heterocycles. The van der Waals surface area contributed by atoms with E-state index < -0.39 is 0 Å². The number of benzene rings is 2. The Bertz CT molecular complexity index is 690. The molecule has 0 unspecified atom stereocenters. The van der Waals surface area contributed by atoms with Crippen molar-refractivity contribution in [2.45, 2.75) is 0 Å². The maximum atomic E-state index is 5.65. The molecule has 0 aliphatic heterocycles. The number of hydrogen-bond acceptors (Lipinski definition) is 5. The van der Waals surface area contributed by atoms with Crippen LogP contribution in [-0.2, 0) is 0 Å². The van der Waals surface area contributed by atoms with Crippen LogP contribution >= 0.6 is 12.2 Å². The van der Waals surface area contributed by atoms with Gasteiger partial charge in [-0.3, -0.25) is 5.43 Å². The predicted molar refractivity (Wildman–Crippen MR) is 97.9 cm³/mol. The van der Waals surface area contributed by atoms with E-state index in [1.807, 2.05) is 48.5 Å². The molecule has 6 nitrogen and oxygen atoms in total. The van der Waals surface area contributed by atoms with Gasteiger partial charge in [0.15, 0.2) is 16.6 Å². The Morgan fingerprint density at radius 3 is 2.42 bits per heavy atom. The van der Waals surface area contributed by atoms with Crippen LogP contribution in [0.2, 0.25) is 0 Å². The van der Waals surface area contributed by atoms with Gasteiger partial charge in [0.1, 0.15) is 19.0 Å². The van der Waals surface area contributed by atoms with E-state index in [1.54, 1.807) is 13.3 Å². The molecule has 126 valence electrons. The summed E-state index contributed by atoms with van der Waals surface area (Å²) < 4.78 is 16.5. The number of thiocarbonyl (C=S) groups is 1. The number of nitrogens with zero attached hydrogens (tertiary/aromatic N) is 1. The summed E-state index contributed by atoms with van der Waals surface area (Å²) in [4.78, 5) is 0. The highest BCUT2D eigenvalue weighted by Crippen LogP contribution is 2.25. The van der Waals surface area contributed by atoms with Crippen molar-refractivity contribution in [1.29, 1.82) is 0 Å². The van der Waals surface area contributed by atoms with Gasteiger partial charge in [0, 0.05) is 0 Å². The molecule has 0 aliphatic carbocycles. The quantitative estimate of drug-likeness (QED) is 0.331. The first kappa shape index (κ1) is 17.6. The SMILES string of the molecule is COc1ccccc1OCCOc1ccc(C=NNC(N)=S)cc1. The first-order valence-corrected chi connectivity index (χ1v) is 7.67. The molecule has 0 atom stereocenters. The van der Waals surface area contributed by atoms with Gasteiger partial charge >= 0.3 is 0 Å². The minimum Gasteiger partial charge on any atom is -0.493 e. The Morgan fingerprint density at radius 1 is 1.08 bits per heavy atom. The molecule has 2 aromatic rings. The third kappa shape index (κ3) is 5.77. The third-order valence-corrected chi connectivity index (χ3v) is 3.04. The fraction of sp³-hybridized carbons (Fsp3) is 0.176. The van der Waals surface area contributed by atoms with Crippen molar-refractivity contribution >= 4 is 23.5 Å². The molecule has 0 saturated heterocycles. The largest absolute Gasteiger partial charge is 0.493 e. The highest BCUT2D eigenvalue weighted by Gasteiger charge is 2.02. The highest BCUT2D eigenvalue weighted by atomic mass is 32.1. The van der Waals surface area contributed by atoms with Crippen LogP contribution in [0.3, 0.4) is 0 Å². The summed E-state index contributed by atoms with van der Waals surface area (Å²) in [5.74, 6) is 2.14. The number of nitrogens with two attached hydrogens (primary N) is 1. The second-order valence-corrected chi connectivity index (χ2v) is 5.09. The zero-order chi connectivity index (χ0) is 17.2. The smallest absolute Gasteiger partial charge is 0.184 e. The standard InChI is InChI=1S/C17H19N3O3S/c1-21-15-4-2-3-5-16(15)23-11-10-22-14-8-6-13(7-9-14)12-19-20-17(18)24/h2-9,12H,10-11H2,1H3,(H3,18,20,24). The van der Waals surface area contributed by atoms with Crippen LogP contribution in [0.1, 0.15) is 5.56 Å². The Morgan fingerprint density at radius 2 is 1.75 bits per heavy atom. The first-order valence-electron chi connectivity index (χ1n) is 7.26. The lowest BCUT2D eigenvalue weighted by atomic mass is 10.2. The second-order valence-electron chi connectivity index (χ2n) is 4.65. The number of ether oxygens (including phenoxy) is 3. The Kier molecular flexibility index (Phi) is 6.85. The lowest BCUT2D eigenvalue weighted by Crippen LogP contribution is -2.23. The Balaban J connectivity index is 1.76. The molecule has 0 radical (unpaired) electrons. The molecule has 0 bridgehead atoms. The van der Waals surface area contributed by atoms with E-state index in [0.717, 1.165) is 11.3 Å². The fourth-order valence-corrected chi connectivity index (χ4v) is 1.92. The van der Waals surface area contributed by atoms with Crippen molar-refractivity contribution in [1.82, 2.24) is 5.43 Å². The fourth-order valence-electron chi connectivity index (χ4n) is 1.87. The van der Waals surface area contributed by atoms with E-state index in [9.17, 15) is 0 Å².